The van der Waals surface area contributed by atoms with Gasteiger partial charge in [0.15, 0.2) is 5.13 Å². The van der Waals surface area contributed by atoms with Gasteiger partial charge in [0.25, 0.3) is 0 Å². The van der Waals surface area contributed by atoms with Crippen LogP contribution < -0.4 is 4.72 Å². The molecule has 10 heteroatoms. The first-order chi connectivity index (χ1) is 13.5. The number of anilines is 1. The molecule has 3 rings (SSSR count). The molecule has 1 atom stereocenters. The highest BCUT2D eigenvalue weighted by atomic mass is 79.9. The van der Waals surface area contributed by atoms with E-state index in [2.05, 4.69) is 30.6 Å². The van der Waals surface area contributed by atoms with Gasteiger partial charge in [-0.1, -0.05) is 34.1 Å². The third-order valence-corrected chi connectivity index (χ3v) is 7.77. The first-order valence-corrected chi connectivity index (χ1v) is 11.9. The summed E-state index contributed by atoms with van der Waals surface area (Å²) in [7, 11) is -2.77. The minimum absolute atomic E-state index is 0.374. The smallest absolute Gasteiger partial charge is 0.288 e. The lowest BCUT2D eigenvalue weighted by molar-refractivity contribution is -0.141. The van der Waals surface area contributed by atoms with Crippen molar-refractivity contribution >= 4 is 47.0 Å². The van der Waals surface area contributed by atoms with E-state index in [1.54, 1.807) is 6.92 Å². The molecule has 0 aliphatic heterocycles. The molecule has 0 radical (unpaired) electrons. The summed E-state index contributed by atoms with van der Waals surface area (Å²) in [5, 5.41) is 0.479. The van der Waals surface area contributed by atoms with Gasteiger partial charge in [0, 0.05) is 37.8 Å². The number of aryl methyl sites for hydroxylation is 1. The summed E-state index contributed by atoms with van der Waals surface area (Å²) < 4.78 is 55.2. The first-order valence-electron chi connectivity index (χ1n) is 8.35. The summed E-state index contributed by atoms with van der Waals surface area (Å²) in [6.07, 6.45) is -1.93. The van der Waals surface area contributed by atoms with E-state index < -0.39 is 21.6 Å². The molecule has 1 N–H and O–H groups in total. The fraction of sp³-hybridized carbons (Fsp3) is 0.211. The molecule has 1 unspecified atom stereocenters. The van der Waals surface area contributed by atoms with Crippen LogP contribution in [0.3, 0.4) is 0 Å². The van der Waals surface area contributed by atoms with Gasteiger partial charge in [-0.15, -0.1) is 11.3 Å². The van der Waals surface area contributed by atoms with Crippen molar-refractivity contribution < 1.29 is 17.4 Å². The predicted octanol–water partition coefficient (Wildman–Crippen LogP) is 5.78. The lowest BCUT2D eigenvalue weighted by atomic mass is 10.1. The lowest BCUT2D eigenvalue weighted by Gasteiger charge is -2.12. The zero-order valence-electron chi connectivity index (χ0n) is 15.7. The van der Waals surface area contributed by atoms with Crippen molar-refractivity contribution in [2.75, 3.05) is 11.0 Å². The molecular weight excluding hydrogens is 487 g/mol. The summed E-state index contributed by atoms with van der Waals surface area (Å²) in [4.78, 5) is 9.35. The van der Waals surface area contributed by atoms with Crippen LogP contribution in [0.15, 0.2) is 47.1 Å². The molecule has 2 aromatic heterocycles. The Hall–Kier alpha value is -1.91. The van der Waals surface area contributed by atoms with Crippen LogP contribution in [-0.2, 0) is 15.9 Å². The quantitative estimate of drug-likeness (QED) is 0.362. The van der Waals surface area contributed by atoms with Crippen LogP contribution >= 0.6 is 27.3 Å². The second kappa shape index (κ2) is 8.08. The molecule has 1 aromatic carbocycles. The second-order valence-corrected chi connectivity index (χ2v) is 11.0. The summed E-state index contributed by atoms with van der Waals surface area (Å²) in [6, 6.07) is 9.86. The Kier molecular flexibility index (Phi) is 6.07. The SMILES string of the molecule is CC(c1ccc(C(F)(F)F)nc1)=S(C)(=O)Nc1nc(-c2ccc(Br)cc2)c(C)s1. The van der Waals surface area contributed by atoms with Gasteiger partial charge in [0.2, 0.25) is 0 Å². The molecule has 2 heterocycles. The van der Waals surface area contributed by atoms with Gasteiger partial charge in [0.1, 0.15) is 5.69 Å². The van der Waals surface area contributed by atoms with Gasteiger partial charge in [-0.25, -0.2) is 9.19 Å². The summed E-state index contributed by atoms with van der Waals surface area (Å²) in [5.41, 5.74) is 1.11. The zero-order valence-corrected chi connectivity index (χ0v) is 18.9. The van der Waals surface area contributed by atoms with Crippen LogP contribution in [0.4, 0.5) is 18.3 Å². The molecule has 3 aromatic rings. The molecule has 0 spiro atoms. The van der Waals surface area contributed by atoms with Crippen molar-refractivity contribution in [3.05, 3.63) is 63.2 Å². The maximum absolute atomic E-state index is 13.2. The topological polar surface area (TPSA) is 54.9 Å². The van der Waals surface area contributed by atoms with Crippen molar-refractivity contribution in [3.8, 4) is 11.3 Å². The molecule has 0 saturated heterocycles. The van der Waals surface area contributed by atoms with Crippen LogP contribution in [0.1, 0.15) is 23.1 Å². The Balaban J connectivity index is 1.91. The number of nitrogens with zero attached hydrogens (tertiary/aromatic N) is 2. The molecule has 29 heavy (non-hydrogen) atoms. The molecule has 4 nitrogen and oxygen atoms in total. The van der Waals surface area contributed by atoms with E-state index in [0.29, 0.717) is 15.6 Å². The lowest BCUT2D eigenvalue weighted by Crippen LogP contribution is -2.20. The van der Waals surface area contributed by atoms with Crippen molar-refractivity contribution in [1.29, 1.82) is 0 Å². The van der Waals surface area contributed by atoms with E-state index in [1.165, 1.54) is 23.7 Å². The van der Waals surface area contributed by atoms with Crippen LogP contribution in [0.2, 0.25) is 0 Å². The van der Waals surface area contributed by atoms with Crippen LogP contribution in [-0.4, -0.2) is 25.3 Å². The standard InChI is InChI=1S/C19H17BrF3N3OS2/c1-11-17(13-4-7-15(20)8-5-13)25-18(28-11)26-29(3,27)12(2)14-6-9-16(24-10-14)19(21,22)23/h4-10H,1-3H3,(H,25,26,27). The Morgan fingerprint density at radius 1 is 1.17 bits per heavy atom. The number of alkyl halides is 3. The Morgan fingerprint density at radius 2 is 1.83 bits per heavy atom. The minimum atomic E-state index is -4.51. The van der Waals surface area contributed by atoms with Crippen molar-refractivity contribution in [3.63, 3.8) is 0 Å². The molecule has 0 saturated carbocycles. The van der Waals surface area contributed by atoms with Crippen LogP contribution in [0.5, 0.6) is 0 Å². The maximum atomic E-state index is 13.2. The number of halogens is 4. The van der Waals surface area contributed by atoms with Gasteiger partial charge in [-0.2, -0.15) is 13.2 Å². The number of nitrogens with one attached hydrogen (secondary N) is 1. The Labute approximate surface area is 179 Å². The number of benzene rings is 1. The van der Waals surface area contributed by atoms with E-state index in [1.807, 2.05) is 31.2 Å². The van der Waals surface area contributed by atoms with Gasteiger partial charge in [-0.3, -0.25) is 9.71 Å². The first kappa shape index (κ1) is 21.8. The monoisotopic (exact) mass is 503 g/mol. The van der Waals surface area contributed by atoms with Gasteiger partial charge in [0.05, 0.1) is 15.4 Å². The van der Waals surface area contributed by atoms with E-state index in [9.17, 15) is 17.4 Å². The highest BCUT2D eigenvalue weighted by molar-refractivity contribution is 9.10. The highest BCUT2D eigenvalue weighted by Gasteiger charge is 2.32. The number of thiazole rings is 1. The van der Waals surface area contributed by atoms with E-state index in [0.717, 1.165) is 32.9 Å². The number of hydrogen-bond donors (Lipinski definition) is 1. The zero-order chi connectivity index (χ0) is 21.4. The maximum Gasteiger partial charge on any atom is 0.433 e. The molecular formula is C19H17BrF3N3OS2. The van der Waals surface area contributed by atoms with Crippen molar-refractivity contribution in [2.45, 2.75) is 20.0 Å². The largest absolute Gasteiger partial charge is 0.433 e. The van der Waals surface area contributed by atoms with E-state index in [4.69, 9.17) is 0 Å². The Morgan fingerprint density at radius 3 is 2.38 bits per heavy atom. The molecule has 0 amide bonds. The third-order valence-electron chi connectivity index (χ3n) is 4.24. The normalized spacial score (nSPS) is 13.8. The minimum Gasteiger partial charge on any atom is -0.288 e. The van der Waals surface area contributed by atoms with Gasteiger partial charge in [-0.05, 0) is 32.0 Å². The second-order valence-electron chi connectivity index (χ2n) is 6.36. The van der Waals surface area contributed by atoms with Crippen molar-refractivity contribution in [1.82, 2.24) is 9.97 Å². The molecule has 154 valence electrons. The van der Waals surface area contributed by atoms with E-state index >= 15 is 0 Å². The highest BCUT2D eigenvalue weighted by Crippen LogP contribution is 2.32. The number of rotatable bonds is 4. The summed E-state index contributed by atoms with van der Waals surface area (Å²) >= 11 is 4.76. The van der Waals surface area contributed by atoms with Gasteiger partial charge < -0.3 is 0 Å². The predicted molar refractivity (Wildman–Crippen MR) is 117 cm³/mol. The molecule has 0 fully saturated rings. The molecule has 0 bridgehead atoms. The number of hydrogen-bond acceptors (Lipinski definition) is 4. The number of aromatic nitrogens is 2. The molecule has 0 aliphatic carbocycles. The third kappa shape index (κ3) is 4.99. The summed E-state index contributed by atoms with van der Waals surface area (Å²) in [6.45, 7) is 3.53. The number of pyridine rings is 1. The fourth-order valence-corrected chi connectivity index (χ4v) is 5.25. The van der Waals surface area contributed by atoms with Crippen LogP contribution in [0.25, 0.3) is 11.3 Å². The fourth-order valence-electron chi connectivity index (χ4n) is 2.55. The van der Waals surface area contributed by atoms with E-state index in [-0.39, 0.29) is 0 Å². The average Bonchev–Trinajstić information content (AvgIpc) is 3.00. The Bertz CT molecular complexity index is 1150. The average molecular weight is 504 g/mol. The summed E-state index contributed by atoms with van der Waals surface area (Å²) in [5.74, 6) is 0. The van der Waals surface area contributed by atoms with Crippen LogP contribution in [0, 0.1) is 6.92 Å². The van der Waals surface area contributed by atoms with Gasteiger partial charge >= 0.3 is 6.18 Å². The van der Waals surface area contributed by atoms with Crippen molar-refractivity contribution in [2.24, 2.45) is 0 Å². The molecule has 0 aliphatic rings.